The molecule has 0 saturated carbocycles. The van der Waals surface area contributed by atoms with Crippen molar-refractivity contribution >= 4 is 11.7 Å². The van der Waals surface area contributed by atoms with Crippen LogP contribution in [0.5, 0.6) is 5.75 Å². The van der Waals surface area contributed by atoms with Gasteiger partial charge in [0.25, 0.3) is 5.69 Å². The van der Waals surface area contributed by atoms with Crippen molar-refractivity contribution < 1.29 is 14.5 Å². The fourth-order valence-electron chi connectivity index (χ4n) is 4.39. The predicted octanol–water partition coefficient (Wildman–Crippen LogP) is 7.19. The molecular formula is C26H44N2O4. The molecule has 1 aromatic carbocycles. The topological polar surface area (TPSA) is 95.5 Å². The summed E-state index contributed by atoms with van der Waals surface area (Å²) < 4.78 is 5.65. The number of nitro benzene ring substituents is 1. The second-order valence-electron chi connectivity index (χ2n) is 9.61. The lowest BCUT2D eigenvalue weighted by Crippen LogP contribution is -2.47. The molecule has 0 amide bonds. The predicted molar refractivity (Wildman–Crippen MR) is 131 cm³/mol. The summed E-state index contributed by atoms with van der Waals surface area (Å²) in [6.07, 6.45) is 13.6. The average molecular weight is 449 g/mol. The van der Waals surface area contributed by atoms with Gasteiger partial charge >= 0.3 is 5.97 Å². The summed E-state index contributed by atoms with van der Waals surface area (Å²) in [6.45, 7) is 8.30. The summed E-state index contributed by atoms with van der Waals surface area (Å²) in [4.78, 5) is 23.5. The summed E-state index contributed by atoms with van der Waals surface area (Å²) >= 11 is 0. The molecule has 6 nitrogen and oxygen atoms in total. The number of nitrogens with zero attached hydrogens (tertiary/aromatic N) is 1. The van der Waals surface area contributed by atoms with Gasteiger partial charge in [0.2, 0.25) is 0 Å². The van der Waals surface area contributed by atoms with Gasteiger partial charge in [-0.15, -0.1) is 0 Å². The van der Waals surface area contributed by atoms with Crippen molar-refractivity contribution in [1.29, 1.82) is 0 Å². The van der Waals surface area contributed by atoms with E-state index >= 15 is 0 Å². The number of carbonyl (C=O) groups is 1. The molecular weight excluding hydrogens is 404 g/mol. The van der Waals surface area contributed by atoms with Gasteiger partial charge < -0.3 is 10.5 Å². The van der Waals surface area contributed by atoms with Crippen LogP contribution in [0, 0.1) is 22.0 Å². The van der Waals surface area contributed by atoms with Crippen LogP contribution in [0.1, 0.15) is 105 Å². The van der Waals surface area contributed by atoms with Crippen molar-refractivity contribution in [1.82, 2.24) is 0 Å². The Hall–Kier alpha value is -1.95. The maximum Gasteiger partial charge on any atom is 0.314 e. The molecule has 2 unspecified atom stereocenters. The first-order chi connectivity index (χ1) is 15.2. The Bertz CT molecular complexity index is 667. The zero-order valence-corrected chi connectivity index (χ0v) is 20.6. The van der Waals surface area contributed by atoms with Crippen LogP contribution < -0.4 is 10.5 Å². The highest BCUT2D eigenvalue weighted by atomic mass is 16.6. The van der Waals surface area contributed by atoms with Gasteiger partial charge in [-0.1, -0.05) is 78.1 Å². The van der Waals surface area contributed by atoms with Crippen LogP contribution in [0.25, 0.3) is 0 Å². The molecule has 0 aliphatic rings. The van der Waals surface area contributed by atoms with Crippen LogP contribution in [-0.4, -0.2) is 16.4 Å². The summed E-state index contributed by atoms with van der Waals surface area (Å²) in [5.74, 6) is -0.208. The zero-order chi connectivity index (χ0) is 24.0. The summed E-state index contributed by atoms with van der Waals surface area (Å²) in [6, 6.07) is 5.67. The molecule has 2 atom stereocenters. The summed E-state index contributed by atoms with van der Waals surface area (Å²) in [5, 5.41) is 10.9. The number of esters is 1. The van der Waals surface area contributed by atoms with Crippen molar-refractivity contribution in [3.8, 4) is 5.75 Å². The van der Waals surface area contributed by atoms with E-state index in [1.807, 2.05) is 13.8 Å². The van der Waals surface area contributed by atoms with Crippen molar-refractivity contribution in [2.45, 2.75) is 110 Å². The molecule has 0 bridgehead atoms. The van der Waals surface area contributed by atoms with Gasteiger partial charge in [0, 0.05) is 17.7 Å². The first-order valence-electron chi connectivity index (χ1n) is 12.5. The maximum absolute atomic E-state index is 13.1. The first kappa shape index (κ1) is 28.1. The fraction of sp³-hybridized carbons (Fsp3) is 0.731. The third-order valence-electron chi connectivity index (χ3n) is 6.23. The second-order valence-corrected chi connectivity index (χ2v) is 9.61. The van der Waals surface area contributed by atoms with E-state index in [1.165, 1.54) is 69.2 Å². The molecule has 6 heteroatoms. The number of rotatable bonds is 17. The number of hydrogen-bond donors (Lipinski definition) is 1. The average Bonchev–Trinajstić information content (AvgIpc) is 2.73. The van der Waals surface area contributed by atoms with Crippen molar-refractivity contribution in [2.75, 3.05) is 0 Å². The normalized spacial score (nSPS) is 13.5. The third-order valence-corrected chi connectivity index (χ3v) is 6.23. The Labute approximate surface area is 194 Å². The van der Waals surface area contributed by atoms with E-state index in [4.69, 9.17) is 10.5 Å². The molecule has 2 N–H and O–H groups in total. The van der Waals surface area contributed by atoms with E-state index in [9.17, 15) is 14.9 Å². The highest BCUT2D eigenvalue weighted by molar-refractivity contribution is 5.75. The smallest absolute Gasteiger partial charge is 0.314 e. The number of hydrogen-bond acceptors (Lipinski definition) is 5. The summed E-state index contributed by atoms with van der Waals surface area (Å²) in [5.41, 5.74) is 5.96. The van der Waals surface area contributed by atoms with Crippen LogP contribution in [0.4, 0.5) is 5.69 Å². The minimum absolute atomic E-state index is 0.0205. The van der Waals surface area contributed by atoms with Crippen molar-refractivity contribution in [3.05, 3.63) is 34.4 Å². The van der Waals surface area contributed by atoms with Gasteiger partial charge in [-0.2, -0.15) is 0 Å². The molecule has 1 aromatic rings. The van der Waals surface area contributed by atoms with Crippen LogP contribution in [0.3, 0.4) is 0 Å². The third kappa shape index (κ3) is 10.6. The fourth-order valence-corrected chi connectivity index (χ4v) is 4.39. The molecule has 0 saturated heterocycles. The van der Waals surface area contributed by atoms with Crippen LogP contribution in [0.2, 0.25) is 0 Å². The molecule has 0 heterocycles. The number of unbranched alkanes of at least 4 members (excludes halogenated alkanes) is 8. The molecule has 0 aromatic heterocycles. The summed E-state index contributed by atoms with van der Waals surface area (Å²) in [7, 11) is 0. The highest BCUT2D eigenvalue weighted by Gasteiger charge is 2.37. The molecule has 0 radical (unpaired) electrons. The minimum atomic E-state index is -0.492. The lowest BCUT2D eigenvalue weighted by molar-refractivity contribution is -0.384. The molecule has 0 aliphatic heterocycles. The van der Waals surface area contributed by atoms with Crippen molar-refractivity contribution in [3.63, 3.8) is 0 Å². The van der Waals surface area contributed by atoms with E-state index in [-0.39, 0.29) is 23.5 Å². The minimum Gasteiger partial charge on any atom is -0.426 e. The van der Waals surface area contributed by atoms with Gasteiger partial charge in [-0.25, -0.2) is 0 Å². The Morgan fingerprint density at radius 3 is 1.94 bits per heavy atom. The van der Waals surface area contributed by atoms with Gasteiger partial charge in [-0.05, 0) is 44.7 Å². The quantitative estimate of drug-likeness (QED) is 0.0894. The molecule has 1 rings (SSSR count). The number of benzene rings is 1. The Balaban J connectivity index is 2.71. The molecule has 0 spiro atoms. The van der Waals surface area contributed by atoms with E-state index in [2.05, 4.69) is 13.8 Å². The van der Waals surface area contributed by atoms with Crippen LogP contribution in [0.15, 0.2) is 24.3 Å². The standard InChI is InChI=1S/C26H44N2O4/c1-5-7-8-9-10-11-12-13-14-16-23(24(15-6-2)26(3,4)27)25(29)32-22-19-17-21(18-20-22)28(30)31/h17-20,23-24H,5-16,27H2,1-4H3. The maximum atomic E-state index is 13.1. The van der Waals surface area contributed by atoms with Crippen LogP contribution in [-0.2, 0) is 4.79 Å². The van der Waals surface area contributed by atoms with E-state index < -0.39 is 10.5 Å². The zero-order valence-electron chi connectivity index (χ0n) is 20.6. The first-order valence-corrected chi connectivity index (χ1v) is 12.5. The second kappa shape index (κ2) is 15.0. The lowest BCUT2D eigenvalue weighted by atomic mass is 9.74. The highest BCUT2D eigenvalue weighted by Crippen LogP contribution is 2.33. The van der Waals surface area contributed by atoms with E-state index in [1.54, 1.807) is 0 Å². The van der Waals surface area contributed by atoms with Gasteiger partial charge in [-0.3, -0.25) is 14.9 Å². The van der Waals surface area contributed by atoms with Gasteiger partial charge in [0.05, 0.1) is 10.8 Å². The number of nitro groups is 1. The van der Waals surface area contributed by atoms with Gasteiger partial charge in [0.15, 0.2) is 0 Å². The number of nitrogens with two attached hydrogens (primary N) is 1. The number of ether oxygens (including phenoxy) is 1. The molecule has 0 fully saturated rings. The van der Waals surface area contributed by atoms with Gasteiger partial charge in [0.1, 0.15) is 5.75 Å². The molecule has 0 aliphatic carbocycles. The Morgan fingerprint density at radius 2 is 1.47 bits per heavy atom. The number of carbonyl (C=O) groups excluding carboxylic acids is 1. The Morgan fingerprint density at radius 1 is 0.938 bits per heavy atom. The Kier molecular flexibility index (Phi) is 13.2. The van der Waals surface area contributed by atoms with Crippen molar-refractivity contribution in [2.24, 2.45) is 17.6 Å². The number of non-ortho nitro benzene ring substituents is 1. The lowest BCUT2D eigenvalue weighted by Gasteiger charge is -2.36. The molecule has 32 heavy (non-hydrogen) atoms. The molecule has 182 valence electrons. The van der Waals surface area contributed by atoms with E-state index in [0.29, 0.717) is 5.75 Å². The van der Waals surface area contributed by atoms with Crippen LogP contribution >= 0.6 is 0 Å². The van der Waals surface area contributed by atoms with E-state index in [0.717, 1.165) is 32.1 Å². The largest absolute Gasteiger partial charge is 0.426 e. The SMILES string of the molecule is CCCCCCCCCCCC(C(=O)Oc1ccc([N+](=O)[O-])cc1)C(CCC)C(C)(C)N. The monoisotopic (exact) mass is 448 g/mol.